The average Bonchev–Trinajstić information content (AvgIpc) is 3.32. The Morgan fingerprint density at radius 1 is 1.00 bits per heavy atom. The molecule has 0 aliphatic carbocycles. The molecule has 25 heavy (non-hydrogen) atoms. The Morgan fingerprint density at radius 2 is 1.76 bits per heavy atom. The molecule has 2 N–H and O–H groups in total. The van der Waals surface area contributed by atoms with E-state index in [4.69, 9.17) is 5.73 Å². The molecule has 2 heterocycles. The highest BCUT2D eigenvalue weighted by Crippen LogP contribution is 2.29. The van der Waals surface area contributed by atoms with Gasteiger partial charge in [0.2, 0.25) is 0 Å². The van der Waals surface area contributed by atoms with Crippen LogP contribution >= 0.6 is 0 Å². The number of hydrogen-bond acceptors (Lipinski definition) is 3. The van der Waals surface area contributed by atoms with Gasteiger partial charge in [0.25, 0.3) is 0 Å². The van der Waals surface area contributed by atoms with E-state index in [0.717, 1.165) is 16.9 Å². The summed E-state index contributed by atoms with van der Waals surface area (Å²) >= 11 is 0. The number of rotatable bonds is 4. The Kier molecular flexibility index (Phi) is 3.87. The normalized spacial score (nSPS) is 11.0. The summed E-state index contributed by atoms with van der Waals surface area (Å²) in [6, 6.07) is 14.5. The van der Waals surface area contributed by atoms with Gasteiger partial charge in [0.1, 0.15) is 5.82 Å². The summed E-state index contributed by atoms with van der Waals surface area (Å²) in [6.45, 7) is 0.288. The highest BCUT2D eigenvalue weighted by molar-refractivity contribution is 5.66. The first kappa shape index (κ1) is 15.3. The lowest BCUT2D eigenvalue weighted by Crippen LogP contribution is -2.04. The van der Waals surface area contributed by atoms with Gasteiger partial charge in [-0.25, -0.2) is 14.1 Å². The van der Waals surface area contributed by atoms with Gasteiger partial charge in [0.15, 0.2) is 0 Å². The Balaban J connectivity index is 1.81. The summed E-state index contributed by atoms with van der Waals surface area (Å²) < 4.78 is 18.0. The summed E-state index contributed by atoms with van der Waals surface area (Å²) in [7, 11) is 0. The van der Waals surface area contributed by atoms with Crippen LogP contribution in [0, 0.1) is 5.82 Å². The third-order valence-corrected chi connectivity index (χ3v) is 4.09. The molecule has 4 aromatic rings. The van der Waals surface area contributed by atoms with Gasteiger partial charge in [-0.1, -0.05) is 12.1 Å². The van der Waals surface area contributed by atoms with Gasteiger partial charge in [-0.05, 0) is 36.4 Å². The minimum absolute atomic E-state index is 0.288. The van der Waals surface area contributed by atoms with Crippen molar-refractivity contribution >= 4 is 0 Å². The van der Waals surface area contributed by atoms with Crippen molar-refractivity contribution in [2.75, 3.05) is 0 Å². The Bertz CT molecular complexity index is 987. The van der Waals surface area contributed by atoms with Crippen LogP contribution in [-0.2, 0) is 6.54 Å². The maximum Gasteiger partial charge on any atom is 0.132 e. The fourth-order valence-electron chi connectivity index (χ4n) is 2.85. The molecule has 2 aromatic heterocycles. The van der Waals surface area contributed by atoms with Crippen LogP contribution in [0.3, 0.4) is 0 Å². The molecule has 0 amide bonds. The van der Waals surface area contributed by atoms with Crippen molar-refractivity contribution in [2.24, 2.45) is 5.73 Å². The molecular formula is C19H16FN5. The summed E-state index contributed by atoms with van der Waals surface area (Å²) in [5.74, 6) is -0.297. The SMILES string of the molecule is NCc1cnn(-c2ccc(-n3ccnc3)cc2)c1-c1ccccc1F. The van der Waals surface area contributed by atoms with Gasteiger partial charge in [-0.3, -0.25) is 0 Å². The molecule has 0 saturated heterocycles. The van der Waals surface area contributed by atoms with E-state index in [-0.39, 0.29) is 12.4 Å². The molecule has 0 spiro atoms. The highest BCUT2D eigenvalue weighted by Gasteiger charge is 2.16. The second kappa shape index (κ2) is 6.33. The Morgan fingerprint density at radius 3 is 2.44 bits per heavy atom. The zero-order valence-corrected chi connectivity index (χ0v) is 13.4. The van der Waals surface area contributed by atoms with Crippen molar-refractivity contribution in [1.82, 2.24) is 19.3 Å². The maximum atomic E-state index is 14.3. The monoisotopic (exact) mass is 333 g/mol. The van der Waals surface area contributed by atoms with E-state index < -0.39 is 0 Å². The Labute approximate surface area is 144 Å². The first-order valence-electron chi connectivity index (χ1n) is 7.88. The molecule has 0 aliphatic rings. The van der Waals surface area contributed by atoms with Gasteiger partial charge < -0.3 is 10.3 Å². The second-order valence-corrected chi connectivity index (χ2v) is 5.60. The van der Waals surface area contributed by atoms with Crippen LogP contribution < -0.4 is 5.73 Å². The quantitative estimate of drug-likeness (QED) is 0.623. The Hall–Kier alpha value is -3.25. The van der Waals surface area contributed by atoms with E-state index in [9.17, 15) is 4.39 Å². The number of nitrogens with two attached hydrogens (primary N) is 1. The number of aromatic nitrogens is 4. The maximum absolute atomic E-state index is 14.3. The van der Waals surface area contributed by atoms with E-state index in [1.807, 2.05) is 35.0 Å². The van der Waals surface area contributed by atoms with E-state index in [1.54, 1.807) is 41.6 Å². The molecule has 0 fully saturated rings. The molecule has 124 valence electrons. The first-order valence-corrected chi connectivity index (χ1v) is 7.88. The highest BCUT2D eigenvalue weighted by atomic mass is 19.1. The van der Waals surface area contributed by atoms with Crippen LogP contribution in [0.5, 0.6) is 0 Å². The lowest BCUT2D eigenvalue weighted by Gasteiger charge is -2.11. The smallest absolute Gasteiger partial charge is 0.132 e. The summed E-state index contributed by atoms with van der Waals surface area (Å²) in [5.41, 5.74) is 9.61. The summed E-state index contributed by atoms with van der Waals surface area (Å²) in [6.07, 6.45) is 7.03. The van der Waals surface area contributed by atoms with Crippen molar-refractivity contribution in [3.63, 3.8) is 0 Å². The fourth-order valence-corrected chi connectivity index (χ4v) is 2.85. The number of benzene rings is 2. The van der Waals surface area contributed by atoms with Crippen molar-refractivity contribution < 1.29 is 4.39 Å². The molecule has 4 rings (SSSR count). The standard InChI is InChI=1S/C19H16FN5/c20-18-4-2-1-3-17(18)19-14(11-21)12-23-25(19)16-7-5-15(6-8-16)24-10-9-22-13-24/h1-10,12-13H,11,21H2. The zero-order valence-electron chi connectivity index (χ0n) is 13.4. The van der Waals surface area contributed by atoms with Gasteiger partial charge >= 0.3 is 0 Å². The minimum atomic E-state index is -0.297. The topological polar surface area (TPSA) is 61.7 Å². The van der Waals surface area contributed by atoms with Gasteiger partial charge in [-0.15, -0.1) is 0 Å². The lowest BCUT2D eigenvalue weighted by molar-refractivity contribution is 0.629. The molecule has 5 nitrogen and oxygen atoms in total. The number of halogens is 1. The fraction of sp³-hybridized carbons (Fsp3) is 0.0526. The number of hydrogen-bond donors (Lipinski definition) is 1. The molecule has 2 aromatic carbocycles. The van der Waals surface area contributed by atoms with Gasteiger partial charge in [0.05, 0.1) is 23.9 Å². The predicted octanol–water partition coefficient (Wildman–Crippen LogP) is 3.32. The molecule has 0 radical (unpaired) electrons. The van der Waals surface area contributed by atoms with Gasteiger partial charge in [-0.2, -0.15) is 5.10 Å². The largest absolute Gasteiger partial charge is 0.326 e. The van der Waals surface area contributed by atoms with Crippen molar-refractivity contribution in [1.29, 1.82) is 0 Å². The number of imidazole rings is 1. The third-order valence-electron chi connectivity index (χ3n) is 4.09. The minimum Gasteiger partial charge on any atom is -0.326 e. The van der Waals surface area contributed by atoms with E-state index in [0.29, 0.717) is 11.3 Å². The van der Waals surface area contributed by atoms with Crippen LogP contribution in [-0.4, -0.2) is 19.3 Å². The molecule has 0 unspecified atom stereocenters. The van der Waals surface area contributed by atoms with E-state index >= 15 is 0 Å². The average molecular weight is 333 g/mol. The lowest BCUT2D eigenvalue weighted by atomic mass is 10.1. The van der Waals surface area contributed by atoms with E-state index in [1.165, 1.54) is 6.07 Å². The third kappa shape index (κ3) is 2.72. The van der Waals surface area contributed by atoms with Crippen LogP contribution in [0.4, 0.5) is 4.39 Å². The van der Waals surface area contributed by atoms with Crippen molar-refractivity contribution in [2.45, 2.75) is 6.54 Å². The molecule has 0 saturated carbocycles. The van der Waals surface area contributed by atoms with Crippen LogP contribution in [0.2, 0.25) is 0 Å². The van der Waals surface area contributed by atoms with E-state index in [2.05, 4.69) is 10.1 Å². The summed E-state index contributed by atoms with van der Waals surface area (Å²) in [5, 5.41) is 4.42. The predicted molar refractivity (Wildman–Crippen MR) is 94.0 cm³/mol. The van der Waals surface area contributed by atoms with Crippen molar-refractivity contribution in [3.8, 4) is 22.6 Å². The second-order valence-electron chi connectivity index (χ2n) is 5.60. The molecule has 0 aliphatic heterocycles. The molecule has 0 bridgehead atoms. The van der Waals surface area contributed by atoms with Crippen LogP contribution in [0.15, 0.2) is 73.4 Å². The molecule has 0 atom stereocenters. The zero-order chi connectivity index (χ0) is 17.2. The van der Waals surface area contributed by atoms with Crippen LogP contribution in [0.25, 0.3) is 22.6 Å². The first-order chi connectivity index (χ1) is 12.3. The molecule has 6 heteroatoms. The van der Waals surface area contributed by atoms with Gasteiger partial charge in [0, 0.05) is 35.8 Å². The molecular weight excluding hydrogens is 317 g/mol. The van der Waals surface area contributed by atoms with Crippen molar-refractivity contribution in [3.05, 3.63) is 84.8 Å². The number of nitrogens with zero attached hydrogens (tertiary/aromatic N) is 4. The van der Waals surface area contributed by atoms with Crippen LogP contribution in [0.1, 0.15) is 5.56 Å². The summed E-state index contributed by atoms with van der Waals surface area (Å²) in [4.78, 5) is 4.05.